The minimum absolute atomic E-state index is 0.0396. The van der Waals surface area contributed by atoms with E-state index in [1.165, 1.54) is 18.3 Å². The molecule has 140 valence electrons. The number of morpholine rings is 1. The smallest absolute Gasteiger partial charge is 0.257 e. The third-order valence-corrected chi connectivity index (χ3v) is 4.83. The summed E-state index contributed by atoms with van der Waals surface area (Å²) < 4.78 is 13.0. The highest BCUT2D eigenvalue weighted by molar-refractivity contribution is 6.32. The number of aryl methyl sites for hydroxylation is 1. The van der Waals surface area contributed by atoms with Crippen LogP contribution in [0.3, 0.4) is 0 Å². The van der Waals surface area contributed by atoms with Gasteiger partial charge in [-0.05, 0) is 18.2 Å². The number of ether oxygens (including phenoxy) is 2. The van der Waals surface area contributed by atoms with Crippen molar-refractivity contribution in [2.24, 2.45) is 7.05 Å². The summed E-state index contributed by atoms with van der Waals surface area (Å²) >= 11 is 6.14. The number of hydrogen-bond donors (Lipinski definition) is 1. The van der Waals surface area contributed by atoms with Gasteiger partial charge in [0, 0.05) is 38.6 Å². The largest absolute Gasteiger partial charge is 0.508 e. The third kappa shape index (κ3) is 3.31. The van der Waals surface area contributed by atoms with Crippen LogP contribution in [0.25, 0.3) is 10.9 Å². The molecule has 0 aliphatic carbocycles. The van der Waals surface area contributed by atoms with Crippen LogP contribution in [0.2, 0.25) is 5.02 Å². The minimum atomic E-state index is -0.0838. The van der Waals surface area contributed by atoms with E-state index < -0.39 is 0 Å². The van der Waals surface area contributed by atoms with Crippen molar-refractivity contribution < 1.29 is 19.4 Å². The number of aromatic hydroxyl groups is 1. The molecule has 0 unspecified atom stereocenters. The fourth-order valence-electron chi connectivity index (χ4n) is 3.14. The van der Waals surface area contributed by atoms with Crippen molar-refractivity contribution in [3.05, 3.63) is 47.2 Å². The zero-order valence-electron chi connectivity index (χ0n) is 14.7. The van der Waals surface area contributed by atoms with E-state index in [1.807, 2.05) is 23.9 Å². The number of halogens is 1. The number of aromatic nitrogens is 2. The van der Waals surface area contributed by atoms with Gasteiger partial charge in [-0.2, -0.15) is 0 Å². The summed E-state index contributed by atoms with van der Waals surface area (Å²) in [5.41, 5.74) is 1.24. The van der Waals surface area contributed by atoms with E-state index in [0.29, 0.717) is 53.9 Å². The molecule has 1 N–H and O–H groups in total. The first kappa shape index (κ1) is 17.6. The molecule has 0 radical (unpaired) electrons. The molecule has 1 aliphatic heterocycles. The van der Waals surface area contributed by atoms with Crippen LogP contribution in [0.1, 0.15) is 10.4 Å². The van der Waals surface area contributed by atoms with Crippen molar-refractivity contribution in [3.8, 4) is 17.4 Å². The van der Waals surface area contributed by atoms with Crippen LogP contribution in [0.5, 0.6) is 17.4 Å². The molecule has 0 spiro atoms. The van der Waals surface area contributed by atoms with E-state index in [9.17, 15) is 9.90 Å². The Balaban J connectivity index is 1.74. The van der Waals surface area contributed by atoms with Gasteiger partial charge >= 0.3 is 0 Å². The van der Waals surface area contributed by atoms with Gasteiger partial charge in [0.25, 0.3) is 5.91 Å². The second-order valence-corrected chi connectivity index (χ2v) is 6.69. The maximum atomic E-state index is 13.0. The van der Waals surface area contributed by atoms with Crippen LogP contribution in [0.15, 0.2) is 36.7 Å². The van der Waals surface area contributed by atoms with Gasteiger partial charge in [-0.15, -0.1) is 0 Å². The summed E-state index contributed by atoms with van der Waals surface area (Å²) in [4.78, 5) is 19.1. The van der Waals surface area contributed by atoms with E-state index in [2.05, 4.69) is 4.98 Å². The number of rotatable bonds is 3. The highest BCUT2D eigenvalue weighted by atomic mass is 35.5. The number of fused-ring (bicyclic) bond motifs is 1. The summed E-state index contributed by atoms with van der Waals surface area (Å²) in [7, 11) is 1.86. The lowest BCUT2D eigenvalue weighted by Crippen LogP contribution is -2.40. The van der Waals surface area contributed by atoms with E-state index in [0.717, 1.165) is 5.52 Å². The molecule has 1 saturated heterocycles. The lowest BCUT2D eigenvalue weighted by Gasteiger charge is -2.27. The van der Waals surface area contributed by atoms with Crippen LogP contribution in [-0.2, 0) is 11.8 Å². The molecule has 0 atom stereocenters. The average Bonchev–Trinajstić information content (AvgIpc) is 3.07. The van der Waals surface area contributed by atoms with Crippen molar-refractivity contribution in [2.75, 3.05) is 26.3 Å². The molecule has 8 heteroatoms. The summed E-state index contributed by atoms with van der Waals surface area (Å²) in [6.45, 7) is 2.18. The lowest BCUT2D eigenvalue weighted by atomic mass is 10.1. The van der Waals surface area contributed by atoms with Crippen molar-refractivity contribution in [1.29, 1.82) is 0 Å². The first-order valence-electron chi connectivity index (χ1n) is 8.52. The maximum absolute atomic E-state index is 13.0. The minimum Gasteiger partial charge on any atom is -0.508 e. The molecule has 7 nitrogen and oxygen atoms in total. The molecule has 1 amide bonds. The molecule has 4 rings (SSSR count). The highest BCUT2D eigenvalue weighted by Crippen LogP contribution is 2.35. The Kier molecular flexibility index (Phi) is 4.63. The van der Waals surface area contributed by atoms with Crippen molar-refractivity contribution in [1.82, 2.24) is 14.5 Å². The summed E-state index contributed by atoms with van der Waals surface area (Å²) in [6.07, 6.45) is 3.37. The first-order chi connectivity index (χ1) is 13.0. The van der Waals surface area contributed by atoms with Gasteiger partial charge in [0.05, 0.1) is 34.7 Å². The van der Waals surface area contributed by atoms with E-state index in [4.69, 9.17) is 21.1 Å². The number of phenols is 1. The molecule has 3 heterocycles. The van der Waals surface area contributed by atoms with E-state index in [1.54, 1.807) is 11.0 Å². The van der Waals surface area contributed by atoms with E-state index in [-0.39, 0.29) is 11.7 Å². The second kappa shape index (κ2) is 7.09. The fraction of sp³-hybridized carbons (Fsp3) is 0.263. The van der Waals surface area contributed by atoms with Gasteiger partial charge in [0.1, 0.15) is 5.75 Å². The maximum Gasteiger partial charge on any atom is 0.257 e. The lowest BCUT2D eigenvalue weighted by molar-refractivity contribution is 0.0303. The SMILES string of the molecule is Cn1ccc2c(Oc3cc(O)ccc3Cl)ncc(C(=O)N3CCOCC3)c21. The molecule has 0 saturated carbocycles. The Morgan fingerprint density at radius 3 is 2.85 bits per heavy atom. The Hall–Kier alpha value is -2.77. The summed E-state index contributed by atoms with van der Waals surface area (Å²) in [5.74, 6) is 0.565. The van der Waals surface area contributed by atoms with Crippen molar-refractivity contribution in [3.63, 3.8) is 0 Å². The standard InChI is InChI=1S/C19H18ClN3O4/c1-22-5-4-13-17(22)14(19(25)23-6-8-26-9-7-23)11-21-18(13)27-16-10-12(24)2-3-15(16)20/h2-5,10-11,24H,6-9H2,1H3. The molecule has 27 heavy (non-hydrogen) atoms. The number of benzene rings is 1. The van der Waals surface area contributed by atoms with Crippen LogP contribution in [-0.4, -0.2) is 51.8 Å². The fourth-order valence-corrected chi connectivity index (χ4v) is 3.30. The molecule has 1 aromatic carbocycles. The molecular formula is C19H18ClN3O4. The van der Waals surface area contributed by atoms with Gasteiger partial charge in [-0.25, -0.2) is 4.98 Å². The topological polar surface area (TPSA) is 76.8 Å². The van der Waals surface area contributed by atoms with Gasteiger partial charge in [0.2, 0.25) is 5.88 Å². The molecule has 1 fully saturated rings. The van der Waals surface area contributed by atoms with E-state index >= 15 is 0 Å². The number of nitrogens with zero attached hydrogens (tertiary/aromatic N) is 3. The predicted molar refractivity (Wildman–Crippen MR) is 101 cm³/mol. The molecule has 1 aliphatic rings. The number of hydrogen-bond acceptors (Lipinski definition) is 5. The third-order valence-electron chi connectivity index (χ3n) is 4.52. The average molecular weight is 388 g/mol. The van der Waals surface area contributed by atoms with Gasteiger partial charge < -0.3 is 24.0 Å². The zero-order chi connectivity index (χ0) is 19.0. The van der Waals surface area contributed by atoms with Crippen LogP contribution < -0.4 is 4.74 Å². The quantitative estimate of drug-likeness (QED) is 0.746. The Morgan fingerprint density at radius 2 is 2.07 bits per heavy atom. The highest BCUT2D eigenvalue weighted by Gasteiger charge is 2.24. The Labute approximate surface area is 160 Å². The number of amides is 1. The number of phenolic OH excluding ortho intramolecular Hbond substituents is 1. The first-order valence-corrected chi connectivity index (χ1v) is 8.90. The second-order valence-electron chi connectivity index (χ2n) is 6.29. The summed E-state index contributed by atoms with van der Waals surface area (Å²) in [6, 6.07) is 6.28. The van der Waals surface area contributed by atoms with Gasteiger partial charge in [-0.3, -0.25) is 4.79 Å². The summed E-state index contributed by atoms with van der Waals surface area (Å²) in [5, 5.41) is 10.7. The molecule has 2 aromatic heterocycles. The van der Waals surface area contributed by atoms with Crippen LogP contribution in [0, 0.1) is 0 Å². The number of carbonyl (C=O) groups is 1. The van der Waals surface area contributed by atoms with Crippen LogP contribution in [0.4, 0.5) is 0 Å². The normalized spacial score (nSPS) is 14.5. The monoisotopic (exact) mass is 387 g/mol. The van der Waals surface area contributed by atoms with Crippen molar-refractivity contribution in [2.45, 2.75) is 0 Å². The van der Waals surface area contributed by atoms with Gasteiger partial charge in [0.15, 0.2) is 5.75 Å². The zero-order valence-corrected chi connectivity index (χ0v) is 15.4. The Bertz CT molecular complexity index is 1010. The van der Waals surface area contributed by atoms with Crippen molar-refractivity contribution >= 4 is 28.4 Å². The van der Waals surface area contributed by atoms with Gasteiger partial charge in [-0.1, -0.05) is 11.6 Å². The molecular weight excluding hydrogens is 370 g/mol. The number of pyridine rings is 1. The van der Waals surface area contributed by atoms with Crippen LogP contribution >= 0.6 is 11.6 Å². The molecule has 3 aromatic rings. The molecule has 0 bridgehead atoms. The predicted octanol–water partition coefficient (Wildman–Crippen LogP) is 3.20. The Morgan fingerprint density at radius 1 is 1.30 bits per heavy atom. The number of carbonyl (C=O) groups excluding carboxylic acids is 1.